The number of aromatic nitrogens is 2. The van der Waals surface area contributed by atoms with Crippen LogP contribution in [-0.4, -0.2) is 31.4 Å². The molecule has 5 aromatic rings. The van der Waals surface area contributed by atoms with E-state index in [0.717, 1.165) is 33.6 Å². The van der Waals surface area contributed by atoms with Gasteiger partial charge in [-0.25, -0.2) is 9.98 Å². The standard InChI is InChI=1S/C30H22N4O3/c35-29-26(21-12-6-2-7-13-21)32-30-31-25(20-10-4-1-5-11-20)27(22-14-8-3-9-15-22)33(30)28(29)23-16-18-24(19-17-23)34(36)37/h1-19,28-29,35H. The maximum absolute atomic E-state index is 11.8. The summed E-state index contributed by atoms with van der Waals surface area (Å²) in [6, 6.07) is 35.0. The van der Waals surface area contributed by atoms with E-state index in [1.54, 1.807) is 12.1 Å². The van der Waals surface area contributed by atoms with E-state index >= 15 is 0 Å². The van der Waals surface area contributed by atoms with E-state index in [2.05, 4.69) is 0 Å². The zero-order valence-electron chi connectivity index (χ0n) is 19.7. The SMILES string of the molecule is O=[N+]([O-])c1ccc(C2C(O)C(c3ccccc3)=Nc3nc(-c4ccccc4)c(-c4ccccc4)n32)cc1. The molecule has 1 aromatic heterocycles. The molecule has 7 heteroatoms. The number of hydrogen-bond donors (Lipinski definition) is 1. The zero-order valence-corrected chi connectivity index (χ0v) is 19.7. The van der Waals surface area contributed by atoms with E-state index in [1.807, 2.05) is 95.6 Å². The number of fused-ring (bicyclic) bond motifs is 1. The first-order valence-electron chi connectivity index (χ1n) is 11.9. The summed E-state index contributed by atoms with van der Waals surface area (Å²) in [5, 5.41) is 23.1. The van der Waals surface area contributed by atoms with Crippen molar-refractivity contribution in [2.24, 2.45) is 4.99 Å². The maximum Gasteiger partial charge on any atom is 0.269 e. The molecule has 0 spiro atoms. The molecular formula is C30H22N4O3. The Kier molecular flexibility index (Phi) is 5.67. The molecule has 1 aliphatic heterocycles. The summed E-state index contributed by atoms with van der Waals surface area (Å²) in [7, 11) is 0. The van der Waals surface area contributed by atoms with Gasteiger partial charge in [-0.2, -0.15) is 0 Å². The van der Waals surface area contributed by atoms with Crippen LogP contribution in [0.5, 0.6) is 0 Å². The summed E-state index contributed by atoms with van der Waals surface area (Å²) < 4.78 is 1.95. The third kappa shape index (κ3) is 4.01. The second-order valence-corrected chi connectivity index (χ2v) is 8.81. The number of non-ortho nitro benzene ring substituents is 1. The van der Waals surface area contributed by atoms with Gasteiger partial charge in [0, 0.05) is 23.3 Å². The Balaban J connectivity index is 1.65. The fourth-order valence-electron chi connectivity index (χ4n) is 4.87. The first-order chi connectivity index (χ1) is 18.1. The van der Waals surface area contributed by atoms with Gasteiger partial charge in [0.05, 0.1) is 28.1 Å². The summed E-state index contributed by atoms with van der Waals surface area (Å²) >= 11 is 0. The van der Waals surface area contributed by atoms with Gasteiger partial charge in [-0.15, -0.1) is 0 Å². The van der Waals surface area contributed by atoms with E-state index in [-0.39, 0.29) is 5.69 Å². The maximum atomic E-state index is 11.8. The van der Waals surface area contributed by atoms with Crippen molar-refractivity contribution in [3.8, 4) is 22.5 Å². The molecule has 0 saturated carbocycles. The highest BCUT2D eigenvalue weighted by Crippen LogP contribution is 2.43. The molecule has 0 fully saturated rings. The third-order valence-electron chi connectivity index (χ3n) is 6.58. The molecule has 0 saturated heterocycles. The molecule has 0 radical (unpaired) electrons. The van der Waals surface area contributed by atoms with Crippen LogP contribution in [0, 0.1) is 10.1 Å². The molecule has 37 heavy (non-hydrogen) atoms. The molecule has 180 valence electrons. The van der Waals surface area contributed by atoms with Crippen molar-refractivity contribution in [2.45, 2.75) is 12.1 Å². The van der Waals surface area contributed by atoms with Crippen LogP contribution in [0.1, 0.15) is 17.2 Å². The van der Waals surface area contributed by atoms with Crippen LogP contribution < -0.4 is 0 Å². The van der Waals surface area contributed by atoms with E-state index in [9.17, 15) is 15.2 Å². The summed E-state index contributed by atoms with van der Waals surface area (Å²) in [5.74, 6) is 0.463. The predicted molar refractivity (Wildman–Crippen MR) is 143 cm³/mol. The minimum absolute atomic E-state index is 0.00916. The number of aliphatic imine (C=N–C) groups is 1. The average Bonchev–Trinajstić information content (AvgIpc) is 3.33. The monoisotopic (exact) mass is 486 g/mol. The van der Waals surface area contributed by atoms with Gasteiger partial charge in [0.1, 0.15) is 6.10 Å². The van der Waals surface area contributed by atoms with Crippen LogP contribution >= 0.6 is 0 Å². The molecule has 2 heterocycles. The van der Waals surface area contributed by atoms with Crippen LogP contribution in [0.3, 0.4) is 0 Å². The fourth-order valence-corrected chi connectivity index (χ4v) is 4.87. The van der Waals surface area contributed by atoms with Crippen LogP contribution in [0.25, 0.3) is 22.5 Å². The Morgan fingerprint density at radius 3 is 1.84 bits per heavy atom. The van der Waals surface area contributed by atoms with Gasteiger partial charge in [-0.3, -0.25) is 14.7 Å². The third-order valence-corrected chi connectivity index (χ3v) is 6.58. The Morgan fingerprint density at radius 1 is 0.730 bits per heavy atom. The summed E-state index contributed by atoms with van der Waals surface area (Å²) in [6.45, 7) is 0. The van der Waals surface area contributed by atoms with Gasteiger partial charge in [0.2, 0.25) is 5.95 Å². The van der Waals surface area contributed by atoms with E-state index in [4.69, 9.17) is 9.98 Å². The topological polar surface area (TPSA) is 93.6 Å². The lowest BCUT2D eigenvalue weighted by Gasteiger charge is -2.32. The lowest BCUT2D eigenvalue weighted by Crippen LogP contribution is -2.36. The molecule has 7 nitrogen and oxygen atoms in total. The van der Waals surface area contributed by atoms with Crippen molar-refractivity contribution in [3.05, 3.63) is 137 Å². The first-order valence-corrected chi connectivity index (χ1v) is 11.9. The Morgan fingerprint density at radius 2 is 1.27 bits per heavy atom. The summed E-state index contributed by atoms with van der Waals surface area (Å²) in [4.78, 5) is 20.7. The van der Waals surface area contributed by atoms with Crippen LogP contribution in [0.4, 0.5) is 11.6 Å². The van der Waals surface area contributed by atoms with Gasteiger partial charge in [0.15, 0.2) is 0 Å². The molecular weight excluding hydrogens is 464 g/mol. The van der Waals surface area contributed by atoms with Gasteiger partial charge < -0.3 is 5.11 Å². The summed E-state index contributed by atoms with van der Waals surface area (Å²) in [6.07, 6.45) is -1.02. The smallest absolute Gasteiger partial charge is 0.269 e. The van der Waals surface area contributed by atoms with Crippen molar-refractivity contribution in [1.29, 1.82) is 0 Å². The highest BCUT2D eigenvalue weighted by Gasteiger charge is 2.37. The number of rotatable bonds is 5. The van der Waals surface area contributed by atoms with Gasteiger partial charge in [-0.1, -0.05) is 103 Å². The Labute approximate surface area is 213 Å². The highest BCUT2D eigenvalue weighted by atomic mass is 16.6. The van der Waals surface area contributed by atoms with Crippen molar-refractivity contribution >= 4 is 17.3 Å². The number of nitro benzene ring substituents is 1. The minimum atomic E-state index is -1.02. The Bertz CT molecular complexity index is 1600. The molecule has 0 aliphatic carbocycles. The van der Waals surface area contributed by atoms with Crippen molar-refractivity contribution in [1.82, 2.24) is 9.55 Å². The molecule has 1 N–H and O–H groups in total. The van der Waals surface area contributed by atoms with Crippen molar-refractivity contribution in [3.63, 3.8) is 0 Å². The van der Waals surface area contributed by atoms with Crippen molar-refractivity contribution in [2.75, 3.05) is 0 Å². The lowest BCUT2D eigenvalue weighted by molar-refractivity contribution is -0.384. The number of hydrogen-bond acceptors (Lipinski definition) is 5. The number of benzene rings is 4. The number of imidazole rings is 1. The largest absolute Gasteiger partial charge is 0.384 e. The lowest BCUT2D eigenvalue weighted by atomic mass is 9.92. The quantitative estimate of drug-likeness (QED) is 0.236. The Hall–Kier alpha value is -4.88. The molecule has 6 rings (SSSR count). The highest BCUT2D eigenvalue weighted by molar-refractivity contribution is 6.06. The van der Waals surface area contributed by atoms with E-state index in [1.165, 1.54) is 12.1 Å². The van der Waals surface area contributed by atoms with Gasteiger partial charge >= 0.3 is 0 Å². The number of nitrogens with zero attached hydrogens (tertiary/aromatic N) is 4. The number of aliphatic hydroxyl groups is 1. The summed E-state index contributed by atoms with van der Waals surface area (Å²) in [5.41, 5.74) is 5.43. The number of aliphatic hydroxyl groups excluding tert-OH is 1. The van der Waals surface area contributed by atoms with Gasteiger partial charge in [0.25, 0.3) is 5.69 Å². The molecule has 0 amide bonds. The fraction of sp³-hybridized carbons (Fsp3) is 0.0667. The van der Waals surface area contributed by atoms with E-state index < -0.39 is 17.1 Å². The molecule has 4 aromatic carbocycles. The molecule has 1 aliphatic rings. The molecule has 2 atom stereocenters. The zero-order chi connectivity index (χ0) is 25.4. The van der Waals surface area contributed by atoms with Crippen molar-refractivity contribution < 1.29 is 10.0 Å². The minimum Gasteiger partial charge on any atom is -0.384 e. The second-order valence-electron chi connectivity index (χ2n) is 8.81. The van der Waals surface area contributed by atoms with Crippen LogP contribution in [-0.2, 0) is 0 Å². The number of nitro groups is 1. The second kappa shape index (κ2) is 9.29. The van der Waals surface area contributed by atoms with Crippen LogP contribution in [0.2, 0.25) is 0 Å². The average molecular weight is 487 g/mol. The molecule has 2 unspecified atom stereocenters. The normalized spacial score (nSPS) is 16.6. The predicted octanol–water partition coefficient (Wildman–Crippen LogP) is 6.21. The molecule has 0 bridgehead atoms. The first kappa shape index (κ1) is 22.6. The van der Waals surface area contributed by atoms with E-state index in [0.29, 0.717) is 11.7 Å². The van der Waals surface area contributed by atoms with Crippen LogP contribution in [0.15, 0.2) is 120 Å². The van der Waals surface area contributed by atoms with Gasteiger partial charge in [-0.05, 0) is 11.1 Å².